The van der Waals surface area contributed by atoms with Gasteiger partial charge in [0, 0.05) is 38.1 Å². The summed E-state index contributed by atoms with van der Waals surface area (Å²) in [7, 11) is 1.67. The zero-order valence-electron chi connectivity index (χ0n) is 17.0. The van der Waals surface area contributed by atoms with Gasteiger partial charge >= 0.3 is 5.97 Å². The quantitative estimate of drug-likeness (QED) is 0.526. The Bertz CT molecular complexity index is 1190. The SMILES string of the molecule is C=CCOC(=O)/C(C#N)=c1\s/c(=C/Nc2cccc(N(C)C(C)=O)c2)c(=O)n1CC. The lowest BCUT2D eigenvalue weighted by Gasteiger charge is -2.15. The molecule has 0 bridgehead atoms. The smallest absolute Gasteiger partial charge is 0.352 e. The molecule has 1 heterocycles. The van der Waals surface area contributed by atoms with E-state index in [1.807, 2.05) is 6.07 Å². The Morgan fingerprint density at radius 1 is 1.43 bits per heavy atom. The lowest BCUT2D eigenvalue weighted by molar-refractivity contribution is -0.135. The summed E-state index contributed by atoms with van der Waals surface area (Å²) in [5.41, 5.74) is 0.813. The molecule has 2 rings (SSSR count). The summed E-state index contributed by atoms with van der Waals surface area (Å²) in [6.45, 7) is 6.94. The maximum Gasteiger partial charge on any atom is 0.352 e. The largest absolute Gasteiger partial charge is 0.457 e. The molecule has 0 fully saturated rings. The van der Waals surface area contributed by atoms with Crippen molar-refractivity contribution in [3.05, 3.63) is 56.5 Å². The Morgan fingerprint density at radius 2 is 2.17 bits per heavy atom. The van der Waals surface area contributed by atoms with Gasteiger partial charge in [0.25, 0.3) is 5.56 Å². The molecular formula is C21H22N4O4S. The summed E-state index contributed by atoms with van der Waals surface area (Å²) in [4.78, 5) is 37.9. The topological polar surface area (TPSA) is 104 Å². The molecule has 30 heavy (non-hydrogen) atoms. The van der Waals surface area contributed by atoms with Crippen LogP contribution in [0.25, 0.3) is 11.8 Å². The fraction of sp³-hybridized carbons (Fsp3) is 0.238. The second kappa shape index (κ2) is 10.2. The van der Waals surface area contributed by atoms with E-state index in [0.29, 0.717) is 15.9 Å². The van der Waals surface area contributed by atoms with E-state index in [2.05, 4.69) is 11.9 Å². The Balaban J connectivity index is 2.50. The molecule has 2 aromatic rings. The standard InChI is InChI=1S/C21H22N4O4S/c1-5-10-29-21(28)17(12-22)20-25(6-2)19(27)18(30-20)13-23-15-8-7-9-16(11-15)24(4)14(3)26/h5,7-9,11,13,23H,1,6,10H2,2-4H3/b18-13+,20-17-. The first-order valence-corrected chi connectivity index (χ1v) is 9.88. The first kappa shape index (κ1) is 22.6. The minimum absolute atomic E-state index is 0.0304. The third kappa shape index (κ3) is 5.04. The van der Waals surface area contributed by atoms with Crippen molar-refractivity contribution in [3.63, 3.8) is 0 Å². The highest BCUT2D eigenvalue weighted by Gasteiger charge is 2.16. The molecule has 0 aliphatic rings. The summed E-state index contributed by atoms with van der Waals surface area (Å²) in [5.74, 6) is -0.909. The highest BCUT2D eigenvalue weighted by molar-refractivity contribution is 7.07. The molecule has 156 valence electrons. The van der Waals surface area contributed by atoms with Gasteiger partial charge in [0.2, 0.25) is 5.91 Å². The molecule has 0 aliphatic carbocycles. The molecule has 0 aliphatic heterocycles. The van der Waals surface area contributed by atoms with Gasteiger partial charge < -0.3 is 15.0 Å². The molecule has 0 unspecified atom stereocenters. The third-order valence-corrected chi connectivity index (χ3v) is 5.29. The van der Waals surface area contributed by atoms with Crippen LogP contribution in [0.4, 0.5) is 11.4 Å². The summed E-state index contributed by atoms with van der Waals surface area (Å²) >= 11 is 1.02. The number of nitrogens with one attached hydrogen (secondary N) is 1. The van der Waals surface area contributed by atoms with Crippen molar-refractivity contribution in [1.29, 1.82) is 5.26 Å². The first-order chi connectivity index (χ1) is 14.3. The van der Waals surface area contributed by atoms with E-state index in [4.69, 9.17) is 4.74 Å². The van der Waals surface area contributed by atoms with E-state index in [1.54, 1.807) is 38.2 Å². The van der Waals surface area contributed by atoms with Gasteiger partial charge in [-0.05, 0) is 25.1 Å². The fourth-order valence-corrected chi connectivity index (χ4v) is 3.59. The number of esters is 1. The number of ether oxygens (including phenoxy) is 1. The van der Waals surface area contributed by atoms with Gasteiger partial charge in [-0.1, -0.05) is 18.7 Å². The number of rotatable bonds is 7. The highest BCUT2D eigenvalue weighted by Crippen LogP contribution is 2.18. The summed E-state index contributed by atoms with van der Waals surface area (Å²) in [5, 5.41) is 12.5. The van der Waals surface area contributed by atoms with Gasteiger partial charge in [-0.2, -0.15) is 5.26 Å². The molecule has 0 radical (unpaired) electrons. The molecule has 1 N–H and O–H groups in total. The minimum Gasteiger partial charge on any atom is -0.457 e. The maximum absolute atomic E-state index is 12.7. The van der Waals surface area contributed by atoms with Crippen LogP contribution in [0.15, 0.2) is 41.7 Å². The molecule has 0 spiro atoms. The van der Waals surface area contributed by atoms with Crippen LogP contribution in [0.5, 0.6) is 0 Å². The lowest BCUT2D eigenvalue weighted by atomic mass is 10.2. The summed E-state index contributed by atoms with van der Waals surface area (Å²) in [6, 6.07) is 8.97. The zero-order chi connectivity index (χ0) is 22.3. The van der Waals surface area contributed by atoms with Crippen LogP contribution in [0.2, 0.25) is 0 Å². The number of nitrogens with zero attached hydrogens (tertiary/aromatic N) is 3. The van der Waals surface area contributed by atoms with Crippen molar-refractivity contribution in [1.82, 2.24) is 4.57 Å². The summed E-state index contributed by atoms with van der Waals surface area (Å²) in [6.07, 6.45) is 2.91. The van der Waals surface area contributed by atoms with Crippen molar-refractivity contribution < 1.29 is 14.3 Å². The maximum atomic E-state index is 12.7. The molecule has 1 aromatic heterocycles. The van der Waals surface area contributed by atoms with Gasteiger partial charge in [-0.25, -0.2) is 4.79 Å². The highest BCUT2D eigenvalue weighted by atomic mass is 32.1. The lowest BCUT2D eigenvalue weighted by Crippen LogP contribution is -2.32. The number of carbonyl (C=O) groups is 2. The molecule has 8 nitrogen and oxygen atoms in total. The average molecular weight is 426 g/mol. The number of aromatic nitrogens is 1. The number of amides is 1. The van der Waals surface area contributed by atoms with Crippen molar-refractivity contribution >= 4 is 46.4 Å². The number of hydrogen-bond donors (Lipinski definition) is 1. The van der Waals surface area contributed by atoms with Crippen molar-refractivity contribution in [2.75, 3.05) is 23.9 Å². The number of benzene rings is 1. The van der Waals surface area contributed by atoms with Crippen LogP contribution >= 0.6 is 11.3 Å². The molecular weight excluding hydrogens is 404 g/mol. The Kier molecular flexibility index (Phi) is 7.72. The number of anilines is 2. The van der Waals surface area contributed by atoms with Crippen LogP contribution in [-0.2, 0) is 20.9 Å². The monoisotopic (exact) mass is 426 g/mol. The fourth-order valence-electron chi connectivity index (χ4n) is 2.52. The third-order valence-electron chi connectivity index (χ3n) is 4.16. The van der Waals surface area contributed by atoms with Crippen LogP contribution < -0.4 is 25.0 Å². The van der Waals surface area contributed by atoms with E-state index < -0.39 is 5.97 Å². The Hall–Kier alpha value is -3.64. The first-order valence-electron chi connectivity index (χ1n) is 9.07. The van der Waals surface area contributed by atoms with Gasteiger partial charge in [-0.3, -0.25) is 14.2 Å². The van der Waals surface area contributed by atoms with Crippen LogP contribution in [0, 0.1) is 11.3 Å². The number of nitriles is 1. The Morgan fingerprint density at radius 3 is 2.77 bits per heavy atom. The molecule has 1 aromatic carbocycles. The second-order valence-corrected chi connectivity index (χ2v) is 7.14. The molecule has 1 amide bonds. The van der Waals surface area contributed by atoms with Gasteiger partial charge in [0.05, 0.1) is 0 Å². The van der Waals surface area contributed by atoms with E-state index in [0.717, 1.165) is 11.3 Å². The Labute approximate surface area is 177 Å². The zero-order valence-corrected chi connectivity index (χ0v) is 17.8. The summed E-state index contributed by atoms with van der Waals surface area (Å²) < 4.78 is 6.86. The van der Waals surface area contributed by atoms with E-state index in [1.165, 1.54) is 28.7 Å². The van der Waals surface area contributed by atoms with E-state index in [9.17, 15) is 19.6 Å². The predicted octanol–water partition coefficient (Wildman–Crippen LogP) is 1.17. The van der Waals surface area contributed by atoms with Crippen LogP contribution in [-0.4, -0.2) is 30.1 Å². The van der Waals surface area contributed by atoms with Crippen molar-refractivity contribution in [3.8, 4) is 6.07 Å². The van der Waals surface area contributed by atoms with E-state index >= 15 is 0 Å². The molecule has 0 saturated carbocycles. The van der Waals surface area contributed by atoms with Gasteiger partial charge in [0.1, 0.15) is 21.9 Å². The molecule has 9 heteroatoms. The second-order valence-electron chi connectivity index (χ2n) is 6.11. The van der Waals surface area contributed by atoms with Crippen molar-refractivity contribution in [2.45, 2.75) is 20.4 Å². The van der Waals surface area contributed by atoms with Crippen LogP contribution in [0.3, 0.4) is 0 Å². The number of hydrogen-bond acceptors (Lipinski definition) is 7. The molecule has 0 atom stereocenters. The van der Waals surface area contributed by atoms with E-state index in [-0.39, 0.29) is 34.9 Å². The van der Waals surface area contributed by atoms with Gasteiger partial charge in [0.15, 0.2) is 5.57 Å². The molecule has 0 saturated heterocycles. The average Bonchev–Trinajstić information content (AvgIpc) is 3.05. The number of carbonyl (C=O) groups excluding carboxylic acids is 2. The predicted molar refractivity (Wildman–Crippen MR) is 117 cm³/mol. The number of thiazole rings is 1. The van der Waals surface area contributed by atoms with Crippen molar-refractivity contribution in [2.24, 2.45) is 0 Å². The normalized spacial score (nSPS) is 12.0. The minimum atomic E-state index is -0.805. The van der Waals surface area contributed by atoms with Crippen LogP contribution in [0.1, 0.15) is 13.8 Å². The van der Waals surface area contributed by atoms with Gasteiger partial charge in [-0.15, -0.1) is 11.3 Å².